The molecule has 0 saturated carbocycles. The highest BCUT2D eigenvalue weighted by atomic mass is 15.1. The molecule has 2 aliphatic carbocycles. The van der Waals surface area contributed by atoms with Gasteiger partial charge in [0.25, 0.3) is 0 Å². The van der Waals surface area contributed by atoms with E-state index in [1.54, 1.807) is 0 Å². The normalized spacial score (nSPS) is 14.3. The molecule has 0 unspecified atom stereocenters. The van der Waals surface area contributed by atoms with Crippen LogP contribution in [0, 0.1) is 0 Å². The van der Waals surface area contributed by atoms with Gasteiger partial charge in [0, 0.05) is 27.6 Å². The zero-order valence-corrected chi connectivity index (χ0v) is 30.7. The van der Waals surface area contributed by atoms with E-state index >= 15 is 0 Å². The first-order valence-electron chi connectivity index (χ1n) is 18.8. The molecular formula is C52H41N. The number of benzene rings is 8. The molecule has 0 saturated heterocycles. The molecule has 0 N–H and O–H groups in total. The Balaban J connectivity index is 1.29. The third-order valence-corrected chi connectivity index (χ3v) is 12.0. The first kappa shape index (κ1) is 31.5. The van der Waals surface area contributed by atoms with Crippen molar-refractivity contribution in [1.82, 2.24) is 0 Å². The van der Waals surface area contributed by atoms with Gasteiger partial charge in [0.05, 0.1) is 5.69 Å². The van der Waals surface area contributed by atoms with Crippen LogP contribution in [0.1, 0.15) is 49.9 Å². The van der Waals surface area contributed by atoms with Gasteiger partial charge in [0.2, 0.25) is 0 Å². The van der Waals surface area contributed by atoms with Gasteiger partial charge in [0.1, 0.15) is 0 Å². The largest absolute Gasteiger partial charge is 0.310 e. The van der Waals surface area contributed by atoms with E-state index in [0.29, 0.717) is 0 Å². The van der Waals surface area contributed by atoms with E-state index in [1.165, 1.54) is 83.2 Å². The molecular weight excluding hydrogens is 639 g/mol. The van der Waals surface area contributed by atoms with E-state index in [0.717, 1.165) is 11.4 Å². The zero-order chi connectivity index (χ0) is 35.9. The summed E-state index contributed by atoms with van der Waals surface area (Å²) in [6.07, 6.45) is 0. The monoisotopic (exact) mass is 679 g/mol. The Bertz CT molecular complexity index is 2700. The van der Waals surface area contributed by atoms with Crippen LogP contribution in [0.2, 0.25) is 0 Å². The lowest BCUT2D eigenvalue weighted by Crippen LogP contribution is -2.18. The Morgan fingerprint density at radius 2 is 0.887 bits per heavy atom. The van der Waals surface area contributed by atoms with E-state index in [4.69, 9.17) is 0 Å². The van der Waals surface area contributed by atoms with Crippen molar-refractivity contribution in [2.24, 2.45) is 0 Å². The van der Waals surface area contributed by atoms with Crippen LogP contribution >= 0.6 is 0 Å². The van der Waals surface area contributed by atoms with Gasteiger partial charge in [-0.25, -0.2) is 0 Å². The summed E-state index contributed by atoms with van der Waals surface area (Å²) in [5.74, 6) is 0. The summed E-state index contributed by atoms with van der Waals surface area (Å²) >= 11 is 0. The van der Waals surface area contributed by atoms with Crippen molar-refractivity contribution in [3.05, 3.63) is 198 Å². The predicted octanol–water partition coefficient (Wildman–Crippen LogP) is 14.3. The van der Waals surface area contributed by atoms with Crippen LogP contribution in [0.3, 0.4) is 0 Å². The van der Waals surface area contributed by atoms with E-state index in [-0.39, 0.29) is 10.8 Å². The number of fused-ring (bicyclic) bond motifs is 8. The Kier molecular flexibility index (Phi) is 6.94. The van der Waals surface area contributed by atoms with Crippen molar-refractivity contribution in [3.8, 4) is 44.5 Å². The summed E-state index contributed by atoms with van der Waals surface area (Å²) in [4.78, 5) is 2.52. The molecule has 0 radical (unpaired) electrons. The molecule has 10 rings (SSSR count). The molecule has 2 aliphatic rings. The lowest BCUT2D eigenvalue weighted by Gasteiger charge is -2.31. The number of rotatable bonds is 5. The van der Waals surface area contributed by atoms with Crippen molar-refractivity contribution >= 4 is 27.8 Å². The molecule has 1 nitrogen and oxygen atoms in total. The Morgan fingerprint density at radius 1 is 0.358 bits per heavy atom. The van der Waals surface area contributed by atoms with E-state index < -0.39 is 0 Å². The van der Waals surface area contributed by atoms with E-state index in [9.17, 15) is 0 Å². The molecule has 8 aromatic rings. The van der Waals surface area contributed by atoms with Gasteiger partial charge in [-0.15, -0.1) is 0 Å². The van der Waals surface area contributed by atoms with Gasteiger partial charge in [-0.3, -0.25) is 0 Å². The third-order valence-electron chi connectivity index (χ3n) is 12.0. The number of hydrogen-bond donors (Lipinski definition) is 0. The molecule has 0 aromatic heterocycles. The summed E-state index contributed by atoms with van der Waals surface area (Å²) in [6.45, 7) is 9.54. The summed E-state index contributed by atoms with van der Waals surface area (Å²) in [5.41, 5.74) is 18.9. The van der Waals surface area contributed by atoms with Crippen LogP contribution in [-0.2, 0) is 10.8 Å². The maximum atomic E-state index is 2.52. The van der Waals surface area contributed by atoms with Gasteiger partial charge in [0.15, 0.2) is 0 Å². The predicted molar refractivity (Wildman–Crippen MR) is 225 cm³/mol. The SMILES string of the molecule is CC1(C)c2ccccc2-c2ccc(N(c3ccc(-c4ccccc4)cc3)c3cc4c(c5cccc(-c6ccccc6)c35)C(C)(C)c3ccccc3-4)cc21. The maximum Gasteiger partial charge on any atom is 0.0552 e. The van der Waals surface area contributed by atoms with Crippen LogP contribution in [0.4, 0.5) is 17.1 Å². The standard InChI is InChI=1S/C52H41N/c1-51(2)45-24-13-11-20-40(45)42-31-30-38(32-47(42)51)53(37-28-26-35(27-29-37)34-16-7-5-8-17-34)48-33-44-41-21-12-14-25-46(41)52(3,4)50(44)43-23-15-22-39(49(43)48)36-18-9-6-10-19-36/h5-33H,1-4H3. The lowest BCUT2D eigenvalue weighted by molar-refractivity contribution is 0.660. The molecule has 0 aliphatic heterocycles. The number of hydrogen-bond acceptors (Lipinski definition) is 1. The van der Waals surface area contributed by atoms with Crippen LogP contribution in [-0.4, -0.2) is 0 Å². The van der Waals surface area contributed by atoms with Crippen LogP contribution in [0.15, 0.2) is 176 Å². The molecule has 254 valence electrons. The van der Waals surface area contributed by atoms with Crippen LogP contribution < -0.4 is 4.90 Å². The Labute approximate surface area is 312 Å². The van der Waals surface area contributed by atoms with E-state index in [2.05, 4.69) is 209 Å². The highest BCUT2D eigenvalue weighted by molar-refractivity contribution is 6.13. The smallest absolute Gasteiger partial charge is 0.0552 e. The van der Waals surface area contributed by atoms with E-state index in [1.807, 2.05) is 0 Å². The summed E-state index contributed by atoms with van der Waals surface area (Å²) < 4.78 is 0. The molecule has 1 heteroatoms. The summed E-state index contributed by atoms with van der Waals surface area (Å²) in [6, 6.07) is 65.3. The second-order valence-corrected chi connectivity index (χ2v) is 15.7. The highest BCUT2D eigenvalue weighted by Gasteiger charge is 2.39. The van der Waals surface area contributed by atoms with Gasteiger partial charge in [-0.05, 0) is 102 Å². The van der Waals surface area contributed by atoms with Crippen molar-refractivity contribution in [1.29, 1.82) is 0 Å². The third kappa shape index (κ3) is 4.70. The molecule has 0 heterocycles. The minimum absolute atomic E-state index is 0.122. The quantitative estimate of drug-likeness (QED) is 0.175. The lowest BCUT2D eigenvalue weighted by atomic mass is 9.79. The summed E-state index contributed by atoms with van der Waals surface area (Å²) in [7, 11) is 0. The molecule has 0 spiro atoms. The maximum absolute atomic E-state index is 2.52. The molecule has 53 heavy (non-hydrogen) atoms. The molecule has 0 bridgehead atoms. The van der Waals surface area contributed by atoms with Crippen molar-refractivity contribution in [3.63, 3.8) is 0 Å². The van der Waals surface area contributed by atoms with Gasteiger partial charge >= 0.3 is 0 Å². The first-order valence-corrected chi connectivity index (χ1v) is 18.8. The molecule has 0 atom stereocenters. The topological polar surface area (TPSA) is 3.24 Å². The Hall–Kier alpha value is -6.18. The van der Waals surface area contributed by atoms with Crippen LogP contribution in [0.25, 0.3) is 55.3 Å². The second kappa shape index (κ2) is 11.7. The minimum Gasteiger partial charge on any atom is -0.310 e. The van der Waals surface area contributed by atoms with Crippen LogP contribution in [0.5, 0.6) is 0 Å². The number of nitrogens with zero attached hydrogens (tertiary/aromatic N) is 1. The average molecular weight is 680 g/mol. The Morgan fingerprint density at radius 3 is 1.58 bits per heavy atom. The minimum atomic E-state index is -0.149. The average Bonchev–Trinajstić information content (AvgIpc) is 3.58. The summed E-state index contributed by atoms with van der Waals surface area (Å²) in [5, 5.41) is 2.58. The van der Waals surface area contributed by atoms with Gasteiger partial charge in [-0.2, -0.15) is 0 Å². The second-order valence-electron chi connectivity index (χ2n) is 15.7. The molecule has 0 fully saturated rings. The molecule has 0 amide bonds. The molecule has 8 aromatic carbocycles. The van der Waals surface area contributed by atoms with Crippen molar-refractivity contribution in [2.75, 3.05) is 4.90 Å². The fourth-order valence-corrected chi connectivity index (χ4v) is 9.47. The number of anilines is 3. The first-order chi connectivity index (χ1) is 25.8. The van der Waals surface area contributed by atoms with Crippen molar-refractivity contribution < 1.29 is 0 Å². The van der Waals surface area contributed by atoms with Gasteiger partial charge < -0.3 is 4.90 Å². The van der Waals surface area contributed by atoms with Crippen molar-refractivity contribution in [2.45, 2.75) is 38.5 Å². The highest BCUT2D eigenvalue weighted by Crippen LogP contribution is 2.57. The fourth-order valence-electron chi connectivity index (χ4n) is 9.47. The fraction of sp³-hybridized carbons (Fsp3) is 0.115. The zero-order valence-electron chi connectivity index (χ0n) is 30.7. The van der Waals surface area contributed by atoms with Gasteiger partial charge in [-0.1, -0.05) is 173 Å².